The predicted octanol–water partition coefficient (Wildman–Crippen LogP) is 2.77. The summed E-state index contributed by atoms with van der Waals surface area (Å²) >= 11 is 1.62. The van der Waals surface area contributed by atoms with E-state index in [1.807, 2.05) is 37.3 Å². The smallest absolute Gasteiger partial charge is 0.109 e. The molecule has 0 saturated heterocycles. The number of nitrogens with two attached hydrogens (primary N) is 1. The van der Waals surface area contributed by atoms with Crippen molar-refractivity contribution in [2.24, 2.45) is 5.73 Å². The summed E-state index contributed by atoms with van der Waals surface area (Å²) in [6, 6.07) is 10.1. The molecule has 4 heteroatoms. The molecule has 0 aliphatic carbocycles. The Labute approximate surface area is 99.3 Å². The van der Waals surface area contributed by atoms with E-state index in [0.717, 1.165) is 22.9 Å². The molecule has 3 N–H and O–H groups in total. The van der Waals surface area contributed by atoms with Crippen LogP contribution in [0.3, 0.4) is 0 Å². The molecule has 0 aliphatic heterocycles. The lowest BCUT2D eigenvalue weighted by Crippen LogP contribution is -2.05. The summed E-state index contributed by atoms with van der Waals surface area (Å²) < 4.78 is 0. The molecule has 1 aromatic heterocycles. The normalized spacial score (nSPS) is 12.4. The molecule has 0 amide bonds. The van der Waals surface area contributed by atoms with E-state index >= 15 is 0 Å². The van der Waals surface area contributed by atoms with Gasteiger partial charge in [0.2, 0.25) is 0 Å². The summed E-state index contributed by atoms with van der Waals surface area (Å²) in [6.45, 7) is 2.69. The summed E-state index contributed by atoms with van der Waals surface area (Å²) in [7, 11) is 0. The second kappa shape index (κ2) is 5.09. The van der Waals surface area contributed by atoms with E-state index < -0.39 is 0 Å². The van der Waals surface area contributed by atoms with Crippen molar-refractivity contribution in [1.82, 2.24) is 4.98 Å². The van der Waals surface area contributed by atoms with Crippen LogP contribution in [0, 0.1) is 0 Å². The first-order valence-electron chi connectivity index (χ1n) is 5.24. The van der Waals surface area contributed by atoms with Gasteiger partial charge in [0.25, 0.3) is 0 Å². The molecule has 2 rings (SSSR count). The summed E-state index contributed by atoms with van der Waals surface area (Å²) in [6.07, 6.45) is 0. The first kappa shape index (κ1) is 11.1. The highest BCUT2D eigenvalue weighted by atomic mass is 32.1. The highest BCUT2D eigenvalue weighted by Crippen LogP contribution is 2.16. The number of thiazole rings is 1. The minimum absolute atomic E-state index is 0.0236. The maximum atomic E-state index is 5.76. The molecule has 2 aromatic rings. The van der Waals surface area contributed by atoms with Gasteiger partial charge < -0.3 is 11.1 Å². The molecule has 0 fully saturated rings. The maximum absolute atomic E-state index is 5.76. The lowest BCUT2D eigenvalue weighted by molar-refractivity contribution is 0.799. The summed E-state index contributed by atoms with van der Waals surface area (Å²) in [5, 5.41) is 6.36. The minimum atomic E-state index is 0.0236. The number of nitrogens with one attached hydrogen (secondary N) is 1. The molecule has 3 nitrogen and oxygen atoms in total. The van der Waals surface area contributed by atoms with Crippen molar-refractivity contribution in [2.75, 3.05) is 5.32 Å². The predicted molar refractivity (Wildman–Crippen MR) is 68.5 cm³/mol. The van der Waals surface area contributed by atoms with Gasteiger partial charge in [0.05, 0.1) is 18.3 Å². The van der Waals surface area contributed by atoms with Crippen molar-refractivity contribution >= 4 is 17.0 Å². The maximum Gasteiger partial charge on any atom is 0.109 e. The number of nitrogens with zero attached hydrogens (tertiary/aromatic N) is 1. The largest absolute Gasteiger partial charge is 0.379 e. The highest BCUT2D eigenvalue weighted by molar-refractivity contribution is 7.09. The van der Waals surface area contributed by atoms with Crippen molar-refractivity contribution in [2.45, 2.75) is 19.5 Å². The second-order valence-electron chi connectivity index (χ2n) is 3.69. The fourth-order valence-corrected chi connectivity index (χ4v) is 2.14. The Morgan fingerprint density at radius 3 is 2.75 bits per heavy atom. The summed E-state index contributed by atoms with van der Waals surface area (Å²) in [5.41, 5.74) is 7.91. The number of rotatable bonds is 4. The first-order chi connectivity index (χ1) is 7.75. The Balaban J connectivity index is 1.95. The van der Waals surface area contributed by atoms with Gasteiger partial charge in [-0.2, -0.15) is 0 Å². The van der Waals surface area contributed by atoms with Gasteiger partial charge in [-0.1, -0.05) is 18.2 Å². The van der Waals surface area contributed by atoms with E-state index in [1.165, 1.54) is 0 Å². The fraction of sp³-hybridized carbons (Fsp3) is 0.250. The van der Waals surface area contributed by atoms with E-state index in [9.17, 15) is 0 Å². The quantitative estimate of drug-likeness (QED) is 0.853. The van der Waals surface area contributed by atoms with Crippen LogP contribution in [-0.4, -0.2) is 4.98 Å². The molecular formula is C12H15N3S. The molecule has 0 saturated carbocycles. The monoisotopic (exact) mass is 233 g/mol. The molecule has 0 aliphatic rings. The van der Waals surface area contributed by atoms with Crippen LogP contribution in [0.1, 0.15) is 23.7 Å². The van der Waals surface area contributed by atoms with Crippen LogP contribution in [0.5, 0.6) is 0 Å². The molecule has 84 valence electrons. The fourth-order valence-electron chi connectivity index (χ4n) is 1.36. The highest BCUT2D eigenvalue weighted by Gasteiger charge is 2.05. The van der Waals surface area contributed by atoms with Crippen LogP contribution in [0.4, 0.5) is 5.69 Å². The van der Waals surface area contributed by atoms with Crippen LogP contribution in [0.2, 0.25) is 0 Å². The van der Waals surface area contributed by atoms with Gasteiger partial charge in [0.15, 0.2) is 0 Å². The van der Waals surface area contributed by atoms with Gasteiger partial charge in [-0.3, -0.25) is 0 Å². The van der Waals surface area contributed by atoms with Crippen LogP contribution in [0.15, 0.2) is 35.7 Å². The zero-order valence-electron chi connectivity index (χ0n) is 9.18. The molecule has 16 heavy (non-hydrogen) atoms. The lowest BCUT2D eigenvalue weighted by atomic mass is 10.3. The molecule has 0 spiro atoms. The molecule has 1 heterocycles. The molecule has 0 bridgehead atoms. The SMILES string of the molecule is CC(N)c1nc(CNc2ccccc2)cs1. The summed E-state index contributed by atoms with van der Waals surface area (Å²) in [5.74, 6) is 0. The van der Waals surface area contributed by atoms with Crippen LogP contribution in [0.25, 0.3) is 0 Å². The Kier molecular flexibility index (Phi) is 3.54. The molecule has 0 radical (unpaired) electrons. The third kappa shape index (κ3) is 2.81. The summed E-state index contributed by atoms with van der Waals surface area (Å²) in [4.78, 5) is 4.46. The average Bonchev–Trinajstić information content (AvgIpc) is 2.76. The molecule has 1 unspecified atom stereocenters. The zero-order valence-corrected chi connectivity index (χ0v) is 10.00. The van der Waals surface area contributed by atoms with Gasteiger partial charge in [0.1, 0.15) is 5.01 Å². The number of anilines is 1. The average molecular weight is 233 g/mol. The van der Waals surface area contributed by atoms with Crippen molar-refractivity contribution in [3.8, 4) is 0 Å². The Morgan fingerprint density at radius 2 is 2.12 bits per heavy atom. The zero-order chi connectivity index (χ0) is 11.4. The van der Waals surface area contributed by atoms with Crippen molar-refractivity contribution in [1.29, 1.82) is 0 Å². The molecule has 1 aromatic carbocycles. The van der Waals surface area contributed by atoms with E-state index in [2.05, 4.69) is 15.7 Å². The van der Waals surface area contributed by atoms with E-state index in [4.69, 9.17) is 5.73 Å². The van der Waals surface area contributed by atoms with Gasteiger partial charge >= 0.3 is 0 Å². The standard InChI is InChI=1S/C12H15N3S/c1-9(13)12-15-11(8-16-12)7-14-10-5-3-2-4-6-10/h2-6,8-9,14H,7,13H2,1H3. The van der Waals surface area contributed by atoms with Crippen LogP contribution >= 0.6 is 11.3 Å². The number of aromatic nitrogens is 1. The van der Waals surface area contributed by atoms with E-state index in [0.29, 0.717) is 0 Å². The van der Waals surface area contributed by atoms with E-state index in [-0.39, 0.29) is 6.04 Å². The van der Waals surface area contributed by atoms with E-state index in [1.54, 1.807) is 11.3 Å². The van der Waals surface area contributed by atoms with Crippen molar-refractivity contribution in [3.05, 3.63) is 46.4 Å². The number of hydrogen-bond donors (Lipinski definition) is 2. The number of benzene rings is 1. The Bertz CT molecular complexity index is 437. The van der Waals surface area contributed by atoms with Gasteiger partial charge in [-0.05, 0) is 19.1 Å². The first-order valence-corrected chi connectivity index (χ1v) is 6.12. The van der Waals surface area contributed by atoms with Gasteiger partial charge in [-0.25, -0.2) is 4.98 Å². The van der Waals surface area contributed by atoms with Crippen LogP contribution in [-0.2, 0) is 6.54 Å². The van der Waals surface area contributed by atoms with Gasteiger partial charge in [0, 0.05) is 11.1 Å². The lowest BCUT2D eigenvalue weighted by Gasteiger charge is -2.03. The third-order valence-corrected chi connectivity index (χ3v) is 3.30. The Hall–Kier alpha value is -1.39. The third-order valence-electron chi connectivity index (χ3n) is 2.21. The molecular weight excluding hydrogens is 218 g/mol. The Morgan fingerprint density at radius 1 is 1.38 bits per heavy atom. The number of hydrogen-bond acceptors (Lipinski definition) is 4. The number of para-hydroxylation sites is 1. The van der Waals surface area contributed by atoms with Crippen molar-refractivity contribution in [3.63, 3.8) is 0 Å². The van der Waals surface area contributed by atoms with Gasteiger partial charge in [-0.15, -0.1) is 11.3 Å². The topological polar surface area (TPSA) is 50.9 Å². The van der Waals surface area contributed by atoms with Crippen molar-refractivity contribution < 1.29 is 0 Å². The minimum Gasteiger partial charge on any atom is -0.379 e. The van der Waals surface area contributed by atoms with Crippen LogP contribution < -0.4 is 11.1 Å². The second-order valence-corrected chi connectivity index (χ2v) is 4.58. The molecule has 1 atom stereocenters.